The maximum absolute atomic E-state index is 12.3. The van der Waals surface area contributed by atoms with Crippen molar-refractivity contribution in [3.63, 3.8) is 0 Å². The summed E-state index contributed by atoms with van der Waals surface area (Å²) in [4.78, 5) is 13.3. The van der Waals surface area contributed by atoms with E-state index in [2.05, 4.69) is 84.8 Å². The van der Waals surface area contributed by atoms with Crippen molar-refractivity contribution in [3.05, 3.63) is 82.0 Å². The number of nitrogens with one attached hydrogen (secondary N) is 1. The Bertz CT molecular complexity index is 1270. The summed E-state index contributed by atoms with van der Waals surface area (Å²) in [7, 11) is 0. The largest absolute Gasteiger partial charge is 0.272 e. The van der Waals surface area contributed by atoms with E-state index in [4.69, 9.17) is 0 Å². The third kappa shape index (κ3) is 5.81. The summed E-state index contributed by atoms with van der Waals surface area (Å²) in [5, 5.41) is 15.5. The highest BCUT2D eigenvalue weighted by molar-refractivity contribution is 7.99. The Morgan fingerprint density at radius 3 is 2.47 bits per heavy atom. The van der Waals surface area contributed by atoms with E-state index in [-0.39, 0.29) is 17.1 Å². The number of rotatable bonds is 7. The van der Waals surface area contributed by atoms with Crippen molar-refractivity contribution in [3.8, 4) is 17.1 Å². The van der Waals surface area contributed by atoms with Crippen LogP contribution in [-0.4, -0.2) is 32.6 Å². The summed E-state index contributed by atoms with van der Waals surface area (Å²) in [5.74, 6) is 0.713. The van der Waals surface area contributed by atoms with E-state index >= 15 is 0 Å². The molecule has 0 spiro atoms. The Morgan fingerprint density at radius 1 is 1.09 bits per heavy atom. The molecule has 0 radical (unpaired) electrons. The van der Waals surface area contributed by atoms with Crippen molar-refractivity contribution in [1.29, 1.82) is 0 Å². The van der Waals surface area contributed by atoms with Gasteiger partial charge in [0, 0.05) is 16.1 Å². The van der Waals surface area contributed by atoms with E-state index in [1.807, 2.05) is 34.2 Å². The van der Waals surface area contributed by atoms with E-state index in [0.29, 0.717) is 5.16 Å². The normalized spacial score (nSPS) is 11.8. The molecule has 0 fully saturated rings. The minimum atomic E-state index is -0.202. The predicted molar refractivity (Wildman–Crippen MR) is 141 cm³/mol. The molecular weight excluding hydrogens is 462 g/mol. The van der Waals surface area contributed by atoms with Gasteiger partial charge in [0.05, 0.1) is 12.0 Å². The first-order valence-electron chi connectivity index (χ1n) is 10.9. The molecule has 0 aliphatic heterocycles. The van der Waals surface area contributed by atoms with Crippen LogP contribution in [0.1, 0.15) is 36.8 Å². The summed E-state index contributed by atoms with van der Waals surface area (Å²) in [6, 6.07) is 20.5. The second kappa shape index (κ2) is 10.4. The van der Waals surface area contributed by atoms with Gasteiger partial charge in [0.1, 0.15) is 0 Å². The van der Waals surface area contributed by atoms with Gasteiger partial charge in [-0.1, -0.05) is 80.6 Å². The van der Waals surface area contributed by atoms with Gasteiger partial charge in [-0.15, -0.1) is 21.5 Å². The first-order valence-corrected chi connectivity index (χ1v) is 12.8. The van der Waals surface area contributed by atoms with Gasteiger partial charge in [-0.3, -0.25) is 9.36 Å². The summed E-state index contributed by atoms with van der Waals surface area (Å²) in [5.41, 5.74) is 6.99. The molecule has 2 heterocycles. The third-order valence-corrected chi connectivity index (χ3v) is 6.93. The van der Waals surface area contributed by atoms with Gasteiger partial charge in [-0.25, -0.2) is 5.43 Å². The van der Waals surface area contributed by atoms with Gasteiger partial charge >= 0.3 is 0 Å². The molecule has 1 amide bonds. The SMILES string of the molecule is Cc1ccc(-n2c(SCC(=O)N/N=C\c3cccs3)nnc2-c2ccc(C(C)(C)C)cc2)cc1. The smallest absolute Gasteiger partial charge is 0.250 e. The number of carbonyl (C=O) groups is 1. The lowest BCUT2D eigenvalue weighted by Crippen LogP contribution is -2.19. The molecule has 0 saturated heterocycles. The monoisotopic (exact) mass is 489 g/mol. The van der Waals surface area contributed by atoms with Gasteiger partial charge < -0.3 is 0 Å². The summed E-state index contributed by atoms with van der Waals surface area (Å²) in [6.45, 7) is 8.64. The molecule has 2 aromatic heterocycles. The number of carbonyl (C=O) groups excluding carboxylic acids is 1. The maximum Gasteiger partial charge on any atom is 0.250 e. The van der Waals surface area contributed by atoms with Crippen LogP contribution in [0.3, 0.4) is 0 Å². The van der Waals surface area contributed by atoms with Crippen LogP contribution in [0.2, 0.25) is 0 Å². The first-order chi connectivity index (χ1) is 16.3. The Labute approximate surface area is 208 Å². The third-order valence-electron chi connectivity index (χ3n) is 5.19. The van der Waals surface area contributed by atoms with Crippen LogP contribution < -0.4 is 5.43 Å². The molecule has 0 aliphatic rings. The Morgan fingerprint density at radius 2 is 1.82 bits per heavy atom. The fourth-order valence-electron chi connectivity index (χ4n) is 3.29. The lowest BCUT2D eigenvalue weighted by atomic mass is 9.87. The fraction of sp³-hybridized carbons (Fsp3) is 0.231. The van der Waals surface area contributed by atoms with Crippen molar-refractivity contribution in [1.82, 2.24) is 20.2 Å². The molecule has 34 heavy (non-hydrogen) atoms. The number of hydrogen-bond donors (Lipinski definition) is 1. The van der Waals surface area contributed by atoms with E-state index in [9.17, 15) is 4.79 Å². The number of benzene rings is 2. The van der Waals surface area contributed by atoms with Crippen molar-refractivity contribution in [2.75, 3.05) is 5.75 Å². The molecule has 0 bridgehead atoms. The zero-order valence-electron chi connectivity index (χ0n) is 19.6. The van der Waals surface area contributed by atoms with E-state index in [1.54, 1.807) is 17.6 Å². The van der Waals surface area contributed by atoms with Gasteiger partial charge in [-0.05, 0) is 41.5 Å². The van der Waals surface area contributed by atoms with E-state index in [1.165, 1.54) is 22.9 Å². The van der Waals surface area contributed by atoms with Crippen molar-refractivity contribution < 1.29 is 4.79 Å². The molecule has 0 saturated carbocycles. The molecule has 0 atom stereocenters. The number of aromatic nitrogens is 3. The number of hydrogen-bond acceptors (Lipinski definition) is 6. The number of hydrazone groups is 1. The second-order valence-corrected chi connectivity index (χ2v) is 10.8. The Balaban J connectivity index is 1.57. The van der Waals surface area contributed by atoms with E-state index in [0.717, 1.165) is 22.0 Å². The number of amides is 1. The zero-order valence-corrected chi connectivity index (χ0v) is 21.3. The average molecular weight is 490 g/mol. The van der Waals surface area contributed by atoms with Crippen molar-refractivity contribution >= 4 is 35.2 Å². The van der Waals surface area contributed by atoms with Crippen molar-refractivity contribution in [2.45, 2.75) is 38.3 Å². The highest BCUT2D eigenvalue weighted by atomic mass is 32.2. The van der Waals surface area contributed by atoms with Crippen LogP contribution in [0, 0.1) is 6.92 Å². The highest BCUT2D eigenvalue weighted by Crippen LogP contribution is 2.30. The molecule has 0 unspecified atom stereocenters. The Kier molecular flexibility index (Phi) is 7.29. The molecule has 4 aromatic rings. The molecule has 2 aromatic carbocycles. The Hall–Kier alpha value is -3.23. The summed E-state index contributed by atoms with van der Waals surface area (Å²) < 4.78 is 2.00. The van der Waals surface area contributed by atoms with Crippen LogP contribution >= 0.6 is 23.1 Å². The molecular formula is C26H27N5OS2. The standard InChI is InChI=1S/C26H27N5OS2/c1-18-7-13-21(14-8-18)31-24(19-9-11-20(12-10-19)26(2,3)4)29-30-25(31)34-17-23(32)28-27-16-22-6-5-15-33-22/h5-16H,17H2,1-4H3,(H,28,32)/b27-16-. The topological polar surface area (TPSA) is 72.2 Å². The van der Waals surface area contributed by atoms with Crippen LogP contribution in [-0.2, 0) is 10.2 Å². The second-order valence-electron chi connectivity index (χ2n) is 8.90. The molecule has 8 heteroatoms. The number of thioether (sulfide) groups is 1. The molecule has 6 nitrogen and oxygen atoms in total. The van der Waals surface area contributed by atoms with Crippen LogP contribution in [0.15, 0.2) is 76.3 Å². The molecule has 174 valence electrons. The molecule has 1 N–H and O–H groups in total. The highest BCUT2D eigenvalue weighted by Gasteiger charge is 2.19. The quantitative estimate of drug-likeness (QED) is 0.201. The van der Waals surface area contributed by atoms with Crippen LogP contribution in [0.25, 0.3) is 17.1 Å². The van der Waals surface area contributed by atoms with Crippen molar-refractivity contribution in [2.24, 2.45) is 5.10 Å². The number of thiophene rings is 1. The average Bonchev–Trinajstić information content (AvgIpc) is 3.48. The van der Waals surface area contributed by atoms with Gasteiger partial charge in [0.25, 0.3) is 5.91 Å². The lowest BCUT2D eigenvalue weighted by Gasteiger charge is -2.19. The minimum Gasteiger partial charge on any atom is -0.272 e. The molecule has 0 aliphatic carbocycles. The fourth-order valence-corrected chi connectivity index (χ4v) is 4.62. The number of aryl methyl sites for hydroxylation is 1. The maximum atomic E-state index is 12.3. The van der Waals surface area contributed by atoms with E-state index < -0.39 is 0 Å². The van der Waals surface area contributed by atoms with Gasteiger partial charge in [0.15, 0.2) is 11.0 Å². The van der Waals surface area contributed by atoms with Crippen LogP contribution in [0.5, 0.6) is 0 Å². The number of nitrogens with zero attached hydrogens (tertiary/aromatic N) is 4. The molecule has 4 rings (SSSR count). The lowest BCUT2D eigenvalue weighted by molar-refractivity contribution is -0.118. The van der Waals surface area contributed by atoms with Gasteiger partial charge in [-0.2, -0.15) is 5.10 Å². The van der Waals surface area contributed by atoms with Crippen LogP contribution in [0.4, 0.5) is 0 Å². The summed E-state index contributed by atoms with van der Waals surface area (Å²) in [6.07, 6.45) is 1.64. The first kappa shape index (κ1) is 23.9. The summed E-state index contributed by atoms with van der Waals surface area (Å²) >= 11 is 2.89. The zero-order chi connectivity index (χ0) is 24.1. The predicted octanol–water partition coefficient (Wildman–Crippen LogP) is 5.84. The van der Waals surface area contributed by atoms with Gasteiger partial charge in [0.2, 0.25) is 0 Å². The minimum absolute atomic E-state index is 0.0729.